The van der Waals surface area contributed by atoms with Crippen LogP contribution in [-0.4, -0.2) is 6.54 Å². The highest BCUT2D eigenvalue weighted by Crippen LogP contribution is 2.47. The van der Waals surface area contributed by atoms with Crippen LogP contribution in [0.3, 0.4) is 0 Å². The molecule has 0 radical (unpaired) electrons. The Bertz CT molecular complexity index is 570. The standard InChI is InChI=1S/C15H12N2S/c16-10-5-11-17-12-6-1-3-8-14(12)18-15-9-4-2-7-13(15)17/h1-4,6-9H,5,11H2. The predicted molar refractivity (Wildman–Crippen MR) is 74.2 cm³/mol. The molecular formula is C15H12N2S. The maximum atomic E-state index is 8.81. The average Bonchev–Trinajstić information content (AvgIpc) is 2.43. The second-order valence-corrected chi connectivity index (χ2v) is 5.18. The molecule has 0 saturated heterocycles. The van der Waals surface area contributed by atoms with Gasteiger partial charge in [-0.15, -0.1) is 0 Å². The molecule has 2 aromatic carbocycles. The van der Waals surface area contributed by atoms with Crippen molar-refractivity contribution in [3.05, 3.63) is 48.5 Å². The van der Waals surface area contributed by atoms with Crippen molar-refractivity contribution in [1.82, 2.24) is 0 Å². The van der Waals surface area contributed by atoms with Crippen LogP contribution in [0.5, 0.6) is 0 Å². The lowest BCUT2D eigenvalue weighted by atomic mass is 10.2. The van der Waals surface area contributed by atoms with E-state index < -0.39 is 0 Å². The van der Waals surface area contributed by atoms with Gasteiger partial charge in [-0.3, -0.25) is 0 Å². The van der Waals surface area contributed by atoms with E-state index >= 15 is 0 Å². The van der Waals surface area contributed by atoms with E-state index in [9.17, 15) is 0 Å². The molecular weight excluding hydrogens is 240 g/mol. The fourth-order valence-electron chi connectivity index (χ4n) is 2.18. The number of anilines is 2. The molecule has 0 saturated carbocycles. The highest BCUT2D eigenvalue weighted by molar-refractivity contribution is 7.99. The van der Waals surface area contributed by atoms with Crippen molar-refractivity contribution in [3.63, 3.8) is 0 Å². The van der Waals surface area contributed by atoms with Crippen LogP contribution in [0.15, 0.2) is 58.3 Å². The minimum absolute atomic E-state index is 0.535. The van der Waals surface area contributed by atoms with Gasteiger partial charge in [-0.05, 0) is 24.3 Å². The van der Waals surface area contributed by atoms with E-state index in [0.717, 1.165) is 6.54 Å². The number of rotatable bonds is 2. The van der Waals surface area contributed by atoms with E-state index in [0.29, 0.717) is 6.42 Å². The maximum absolute atomic E-state index is 8.81. The van der Waals surface area contributed by atoms with Gasteiger partial charge in [0, 0.05) is 16.3 Å². The molecule has 2 aromatic rings. The summed E-state index contributed by atoms with van der Waals surface area (Å²) in [6.07, 6.45) is 0.535. The van der Waals surface area contributed by atoms with Crippen LogP contribution in [0.25, 0.3) is 0 Å². The van der Waals surface area contributed by atoms with Crippen molar-refractivity contribution < 1.29 is 0 Å². The number of hydrogen-bond acceptors (Lipinski definition) is 3. The minimum atomic E-state index is 0.535. The van der Waals surface area contributed by atoms with Gasteiger partial charge in [0.1, 0.15) is 0 Å². The van der Waals surface area contributed by atoms with E-state index in [1.165, 1.54) is 21.2 Å². The summed E-state index contributed by atoms with van der Waals surface area (Å²) >= 11 is 1.80. The lowest BCUT2D eigenvalue weighted by Gasteiger charge is -2.32. The van der Waals surface area contributed by atoms with Crippen molar-refractivity contribution >= 4 is 23.1 Å². The second kappa shape index (κ2) is 4.75. The van der Waals surface area contributed by atoms with Crippen LogP contribution in [0, 0.1) is 11.3 Å². The van der Waals surface area contributed by atoms with Crippen LogP contribution >= 0.6 is 11.8 Å². The predicted octanol–water partition coefficient (Wildman–Crippen LogP) is 4.20. The molecule has 0 aromatic heterocycles. The number of fused-ring (bicyclic) bond motifs is 2. The second-order valence-electron chi connectivity index (χ2n) is 4.10. The molecule has 0 fully saturated rings. The first-order valence-electron chi connectivity index (χ1n) is 5.90. The van der Waals surface area contributed by atoms with Gasteiger partial charge in [-0.1, -0.05) is 36.0 Å². The molecule has 0 bridgehead atoms. The Labute approximate surface area is 111 Å². The Morgan fingerprint density at radius 1 is 0.944 bits per heavy atom. The molecule has 0 N–H and O–H groups in total. The summed E-state index contributed by atoms with van der Waals surface area (Å²) < 4.78 is 0. The molecule has 0 aliphatic carbocycles. The summed E-state index contributed by atoms with van der Waals surface area (Å²) in [5.41, 5.74) is 2.41. The molecule has 3 rings (SSSR count). The Hall–Kier alpha value is -1.92. The molecule has 18 heavy (non-hydrogen) atoms. The minimum Gasteiger partial charge on any atom is -0.339 e. The van der Waals surface area contributed by atoms with Gasteiger partial charge in [0.2, 0.25) is 0 Å². The number of nitriles is 1. The first-order chi connectivity index (χ1) is 8.90. The van der Waals surface area contributed by atoms with Crippen molar-refractivity contribution in [2.75, 3.05) is 11.4 Å². The average molecular weight is 252 g/mol. The summed E-state index contributed by atoms with van der Waals surface area (Å²) in [6.45, 7) is 0.741. The van der Waals surface area contributed by atoms with Crippen molar-refractivity contribution in [2.45, 2.75) is 16.2 Å². The molecule has 88 valence electrons. The summed E-state index contributed by atoms with van der Waals surface area (Å²) in [5.74, 6) is 0. The largest absolute Gasteiger partial charge is 0.339 e. The van der Waals surface area contributed by atoms with Crippen molar-refractivity contribution in [2.24, 2.45) is 0 Å². The van der Waals surface area contributed by atoms with E-state index in [4.69, 9.17) is 5.26 Å². The zero-order valence-corrected chi connectivity index (χ0v) is 10.7. The topological polar surface area (TPSA) is 27.0 Å². The molecule has 0 atom stereocenters. The third kappa shape index (κ3) is 1.85. The highest BCUT2D eigenvalue weighted by Gasteiger charge is 2.21. The van der Waals surface area contributed by atoms with Crippen LogP contribution in [0.4, 0.5) is 11.4 Å². The molecule has 1 heterocycles. The lowest BCUT2D eigenvalue weighted by Crippen LogP contribution is -2.21. The molecule has 0 spiro atoms. The van der Waals surface area contributed by atoms with E-state index in [1.807, 2.05) is 12.1 Å². The first-order valence-corrected chi connectivity index (χ1v) is 6.72. The maximum Gasteiger partial charge on any atom is 0.0640 e. The van der Waals surface area contributed by atoms with Crippen molar-refractivity contribution in [3.8, 4) is 6.07 Å². The van der Waals surface area contributed by atoms with Gasteiger partial charge in [0.05, 0.1) is 23.9 Å². The quantitative estimate of drug-likeness (QED) is 0.801. The van der Waals surface area contributed by atoms with Crippen LogP contribution in [-0.2, 0) is 0 Å². The van der Waals surface area contributed by atoms with Crippen LogP contribution < -0.4 is 4.90 Å². The SMILES string of the molecule is N#CCCN1c2ccccc2Sc2ccccc21. The third-order valence-electron chi connectivity index (χ3n) is 2.98. The lowest BCUT2D eigenvalue weighted by molar-refractivity contribution is 0.919. The Balaban J connectivity index is 2.09. The van der Waals surface area contributed by atoms with Gasteiger partial charge < -0.3 is 4.90 Å². The summed E-state index contributed by atoms with van der Waals surface area (Å²) in [4.78, 5) is 4.76. The van der Waals surface area contributed by atoms with Crippen molar-refractivity contribution in [1.29, 1.82) is 5.26 Å². The normalized spacial score (nSPS) is 12.5. The van der Waals surface area contributed by atoms with Gasteiger partial charge in [0.25, 0.3) is 0 Å². The Kier molecular flexibility index (Phi) is 2.95. The Morgan fingerprint density at radius 2 is 1.50 bits per heavy atom. The number of nitrogens with zero attached hydrogens (tertiary/aromatic N) is 2. The highest BCUT2D eigenvalue weighted by atomic mass is 32.2. The Morgan fingerprint density at radius 3 is 2.06 bits per heavy atom. The molecule has 0 unspecified atom stereocenters. The summed E-state index contributed by atoms with van der Waals surface area (Å²) in [5, 5.41) is 8.81. The zero-order valence-electron chi connectivity index (χ0n) is 9.84. The number of para-hydroxylation sites is 2. The van der Waals surface area contributed by atoms with E-state index in [1.54, 1.807) is 11.8 Å². The van der Waals surface area contributed by atoms with Crippen LogP contribution in [0.2, 0.25) is 0 Å². The van der Waals surface area contributed by atoms with Gasteiger partial charge in [-0.2, -0.15) is 5.26 Å². The monoisotopic (exact) mass is 252 g/mol. The fraction of sp³-hybridized carbons (Fsp3) is 0.133. The fourth-order valence-corrected chi connectivity index (χ4v) is 3.28. The van der Waals surface area contributed by atoms with Gasteiger partial charge in [0.15, 0.2) is 0 Å². The summed E-state index contributed by atoms with van der Waals surface area (Å²) in [7, 11) is 0. The smallest absolute Gasteiger partial charge is 0.0640 e. The summed E-state index contributed by atoms with van der Waals surface area (Å²) in [6, 6.07) is 19.0. The van der Waals surface area contributed by atoms with Crippen LogP contribution in [0.1, 0.15) is 6.42 Å². The van der Waals surface area contributed by atoms with Gasteiger partial charge in [-0.25, -0.2) is 0 Å². The molecule has 0 amide bonds. The van der Waals surface area contributed by atoms with Gasteiger partial charge >= 0.3 is 0 Å². The zero-order chi connectivity index (χ0) is 12.4. The third-order valence-corrected chi connectivity index (χ3v) is 4.11. The number of hydrogen-bond donors (Lipinski definition) is 0. The molecule has 1 aliphatic rings. The first kappa shape index (κ1) is 11.2. The number of benzene rings is 2. The molecule has 2 nitrogen and oxygen atoms in total. The van der Waals surface area contributed by atoms with E-state index in [-0.39, 0.29) is 0 Å². The van der Waals surface area contributed by atoms with E-state index in [2.05, 4.69) is 47.4 Å². The molecule has 1 aliphatic heterocycles. The molecule has 3 heteroatoms.